The molecule has 0 atom stereocenters. The molecule has 1 aromatic carbocycles. The molecule has 0 saturated carbocycles. The molecule has 3 heterocycles. The average Bonchev–Trinajstić information content (AvgIpc) is 3.21. The van der Waals surface area contributed by atoms with E-state index in [9.17, 15) is 14.9 Å². The van der Waals surface area contributed by atoms with Gasteiger partial charge in [0, 0.05) is 50.5 Å². The highest BCUT2D eigenvalue weighted by molar-refractivity contribution is 6.30. The molecule has 34 heavy (non-hydrogen) atoms. The third kappa shape index (κ3) is 5.10. The number of benzene rings is 1. The Balaban J connectivity index is 1.47. The summed E-state index contributed by atoms with van der Waals surface area (Å²) < 4.78 is 6.98. The zero-order valence-corrected chi connectivity index (χ0v) is 19.7. The molecule has 4 rings (SSSR count). The Morgan fingerprint density at radius 2 is 1.91 bits per heavy atom. The third-order valence-corrected chi connectivity index (χ3v) is 6.12. The number of hydrogen-bond donors (Lipinski definition) is 0. The molecule has 9 heteroatoms. The van der Waals surface area contributed by atoms with Crippen LogP contribution in [0.2, 0.25) is 5.02 Å². The number of ether oxygens (including phenoxy) is 1. The highest BCUT2D eigenvalue weighted by Gasteiger charge is 2.24. The van der Waals surface area contributed by atoms with Crippen molar-refractivity contribution in [2.45, 2.75) is 39.2 Å². The van der Waals surface area contributed by atoms with E-state index in [0.717, 1.165) is 11.4 Å². The van der Waals surface area contributed by atoms with Crippen LogP contribution in [-0.2, 0) is 16.0 Å². The lowest BCUT2D eigenvalue weighted by atomic mass is 10.0. The number of piperidine rings is 1. The number of ketones is 1. The number of esters is 1. The Labute approximate surface area is 202 Å². The van der Waals surface area contributed by atoms with Crippen molar-refractivity contribution < 1.29 is 14.3 Å². The molecular weight excluding hydrogens is 454 g/mol. The second-order valence-electron chi connectivity index (χ2n) is 8.25. The molecule has 3 aromatic rings. The van der Waals surface area contributed by atoms with Gasteiger partial charge in [-0.2, -0.15) is 10.4 Å². The van der Waals surface area contributed by atoms with E-state index in [-0.39, 0.29) is 24.3 Å². The van der Waals surface area contributed by atoms with E-state index in [1.165, 1.54) is 6.92 Å². The normalized spacial score (nSPS) is 14.0. The first-order valence-electron chi connectivity index (χ1n) is 11.0. The van der Waals surface area contributed by atoms with Gasteiger partial charge in [0.2, 0.25) is 0 Å². The number of anilines is 1. The molecule has 0 N–H and O–H groups in total. The highest BCUT2D eigenvalue weighted by Crippen LogP contribution is 2.25. The maximum atomic E-state index is 13.0. The molecule has 1 aliphatic rings. The van der Waals surface area contributed by atoms with Gasteiger partial charge >= 0.3 is 5.97 Å². The Morgan fingerprint density at radius 3 is 2.56 bits per heavy atom. The number of hydrogen-bond acceptors (Lipinski definition) is 7. The predicted octanol–water partition coefficient (Wildman–Crippen LogP) is 4.06. The van der Waals surface area contributed by atoms with Crippen LogP contribution in [0.5, 0.6) is 0 Å². The van der Waals surface area contributed by atoms with Crippen LogP contribution in [0.3, 0.4) is 0 Å². The molecule has 1 fully saturated rings. The molecule has 174 valence electrons. The van der Waals surface area contributed by atoms with Crippen molar-refractivity contribution in [1.82, 2.24) is 14.8 Å². The van der Waals surface area contributed by atoms with Crippen molar-refractivity contribution in [3.05, 3.63) is 70.1 Å². The van der Waals surface area contributed by atoms with Crippen LogP contribution in [0, 0.1) is 18.3 Å². The van der Waals surface area contributed by atoms with Crippen LogP contribution >= 0.6 is 11.6 Å². The quantitative estimate of drug-likeness (QED) is 0.389. The molecule has 0 aliphatic carbocycles. The number of carbonyl (C=O) groups is 2. The number of nitriles is 1. The minimum Gasteiger partial charge on any atom is -0.462 e. The fourth-order valence-corrected chi connectivity index (χ4v) is 4.28. The van der Waals surface area contributed by atoms with Gasteiger partial charge in [0.25, 0.3) is 0 Å². The Morgan fingerprint density at radius 1 is 1.21 bits per heavy atom. The predicted molar refractivity (Wildman–Crippen MR) is 127 cm³/mol. The zero-order chi connectivity index (χ0) is 24.2. The van der Waals surface area contributed by atoms with E-state index in [0.29, 0.717) is 53.5 Å². The van der Waals surface area contributed by atoms with E-state index >= 15 is 0 Å². The fourth-order valence-electron chi connectivity index (χ4n) is 4.16. The van der Waals surface area contributed by atoms with Crippen LogP contribution in [0.15, 0.2) is 42.7 Å². The molecule has 2 aromatic heterocycles. The van der Waals surface area contributed by atoms with Crippen molar-refractivity contribution in [2.75, 3.05) is 18.0 Å². The molecule has 0 spiro atoms. The number of aromatic nitrogens is 3. The third-order valence-electron chi connectivity index (χ3n) is 5.86. The van der Waals surface area contributed by atoms with Gasteiger partial charge in [-0.3, -0.25) is 9.59 Å². The lowest BCUT2D eigenvalue weighted by molar-refractivity contribution is -0.147. The highest BCUT2D eigenvalue weighted by atomic mass is 35.5. The van der Waals surface area contributed by atoms with Crippen LogP contribution in [0.1, 0.15) is 46.9 Å². The zero-order valence-electron chi connectivity index (χ0n) is 19.0. The Bertz CT molecular complexity index is 1250. The van der Waals surface area contributed by atoms with Crippen molar-refractivity contribution in [3.8, 4) is 11.8 Å². The molecule has 8 nitrogen and oxygen atoms in total. The fraction of sp³-hybridized carbons (Fsp3) is 0.320. The lowest BCUT2D eigenvalue weighted by Crippen LogP contribution is -2.38. The summed E-state index contributed by atoms with van der Waals surface area (Å²) in [5, 5.41) is 14.7. The van der Waals surface area contributed by atoms with Crippen LogP contribution in [0.25, 0.3) is 5.69 Å². The van der Waals surface area contributed by atoms with Gasteiger partial charge in [0.05, 0.1) is 28.7 Å². The van der Waals surface area contributed by atoms with Crippen LogP contribution in [0.4, 0.5) is 5.82 Å². The van der Waals surface area contributed by atoms with Gasteiger partial charge < -0.3 is 9.64 Å². The molecule has 0 unspecified atom stereocenters. The number of carbonyl (C=O) groups excluding carboxylic acids is 2. The van der Waals surface area contributed by atoms with E-state index in [1.54, 1.807) is 35.3 Å². The second kappa shape index (κ2) is 10.1. The Kier molecular flexibility index (Phi) is 6.94. The first-order valence-corrected chi connectivity index (χ1v) is 11.4. The molecule has 0 bridgehead atoms. The van der Waals surface area contributed by atoms with Gasteiger partial charge in [-0.25, -0.2) is 9.67 Å². The second-order valence-corrected chi connectivity index (χ2v) is 8.69. The number of pyridine rings is 1. The van der Waals surface area contributed by atoms with Crippen molar-refractivity contribution >= 4 is 29.2 Å². The summed E-state index contributed by atoms with van der Waals surface area (Å²) in [4.78, 5) is 30.7. The monoisotopic (exact) mass is 477 g/mol. The summed E-state index contributed by atoms with van der Waals surface area (Å²) in [5.41, 5.74) is 3.15. The summed E-state index contributed by atoms with van der Waals surface area (Å²) in [7, 11) is 0. The minimum absolute atomic E-state index is 0.0988. The lowest BCUT2D eigenvalue weighted by Gasteiger charge is -2.32. The first kappa shape index (κ1) is 23.5. The van der Waals surface area contributed by atoms with E-state index in [1.807, 2.05) is 24.0 Å². The molecular formula is C25H24ClN5O3. The van der Waals surface area contributed by atoms with Gasteiger partial charge in [0.1, 0.15) is 18.0 Å². The van der Waals surface area contributed by atoms with E-state index in [2.05, 4.69) is 16.2 Å². The average molecular weight is 478 g/mol. The van der Waals surface area contributed by atoms with Gasteiger partial charge in [-0.05, 0) is 42.8 Å². The maximum Gasteiger partial charge on any atom is 0.302 e. The van der Waals surface area contributed by atoms with Crippen LogP contribution in [-0.4, -0.2) is 45.7 Å². The number of halogens is 1. The van der Waals surface area contributed by atoms with Gasteiger partial charge in [-0.15, -0.1) is 0 Å². The molecule has 0 radical (unpaired) electrons. The molecule has 1 saturated heterocycles. The Hall–Kier alpha value is -3.70. The maximum absolute atomic E-state index is 13.0. The SMILES string of the molecule is CC(=O)OC1CCN(c2ncc(CC(=O)c3cnn(-c4ccc(Cl)cc4)c3C)cc2C#N)CC1. The topological polar surface area (TPSA) is 101 Å². The summed E-state index contributed by atoms with van der Waals surface area (Å²) >= 11 is 5.96. The van der Waals surface area contributed by atoms with Crippen molar-refractivity contribution in [1.29, 1.82) is 5.26 Å². The summed E-state index contributed by atoms with van der Waals surface area (Å²) in [5.74, 6) is 0.210. The van der Waals surface area contributed by atoms with E-state index < -0.39 is 0 Å². The van der Waals surface area contributed by atoms with Gasteiger partial charge in [0.15, 0.2) is 5.78 Å². The largest absolute Gasteiger partial charge is 0.462 e. The standard InChI is InChI=1S/C25H24ClN5O3/c1-16-23(15-29-31(16)21-5-3-20(26)4-6-21)24(33)12-18-11-19(13-27)25(28-14-18)30-9-7-22(8-10-30)34-17(2)32/h3-6,11,14-15,22H,7-10,12H2,1-2H3. The molecule has 1 aliphatic heterocycles. The van der Waals surface area contributed by atoms with Crippen LogP contribution < -0.4 is 4.90 Å². The number of nitrogens with zero attached hydrogens (tertiary/aromatic N) is 5. The summed E-state index contributed by atoms with van der Waals surface area (Å²) in [6.07, 6.45) is 4.58. The minimum atomic E-state index is -0.280. The summed E-state index contributed by atoms with van der Waals surface area (Å²) in [6.45, 7) is 4.53. The smallest absolute Gasteiger partial charge is 0.302 e. The van der Waals surface area contributed by atoms with E-state index in [4.69, 9.17) is 16.3 Å². The van der Waals surface area contributed by atoms with Crippen molar-refractivity contribution in [2.24, 2.45) is 0 Å². The van der Waals surface area contributed by atoms with Crippen molar-refractivity contribution in [3.63, 3.8) is 0 Å². The number of rotatable bonds is 6. The van der Waals surface area contributed by atoms with Gasteiger partial charge in [-0.1, -0.05) is 11.6 Å². The first-order chi connectivity index (χ1) is 16.4. The molecule has 0 amide bonds. The summed E-state index contributed by atoms with van der Waals surface area (Å²) in [6, 6.07) is 11.1. The number of Topliss-reactive ketones (excluding diaryl/α,β-unsaturated/α-hetero) is 1.